The van der Waals surface area contributed by atoms with Gasteiger partial charge >= 0.3 is 0 Å². The van der Waals surface area contributed by atoms with E-state index in [2.05, 4.69) is 29.0 Å². The number of piperazine rings is 1. The van der Waals surface area contributed by atoms with Crippen molar-refractivity contribution >= 4 is 0 Å². The van der Waals surface area contributed by atoms with E-state index in [9.17, 15) is 5.26 Å². The normalized spacial score (nSPS) is 18.5. The fourth-order valence-electron chi connectivity index (χ4n) is 2.62. The van der Waals surface area contributed by atoms with E-state index in [-0.39, 0.29) is 5.92 Å². The van der Waals surface area contributed by atoms with E-state index < -0.39 is 0 Å². The monoisotopic (exact) mass is 273 g/mol. The molecule has 0 spiro atoms. The standard InChI is InChI=1S/C16H23N3O/c1-13-4-5-16(20-3)15(10-13)14(11-17)12-19-8-6-18(2)7-9-19/h4-5,10,14H,6-9,12H2,1-3H3. The molecular formula is C16H23N3O. The van der Waals surface area contributed by atoms with Gasteiger partial charge in [-0.25, -0.2) is 0 Å². The van der Waals surface area contributed by atoms with Gasteiger partial charge in [-0.3, -0.25) is 4.90 Å². The van der Waals surface area contributed by atoms with Gasteiger partial charge in [0, 0.05) is 38.3 Å². The molecule has 1 atom stereocenters. The summed E-state index contributed by atoms with van der Waals surface area (Å²) in [5, 5.41) is 9.53. The maximum absolute atomic E-state index is 9.53. The third-order valence-corrected chi connectivity index (χ3v) is 3.95. The van der Waals surface area contributed by atoms with Gasteiger partial charge in [-0.15, -0.1) is 0 Å². The van der Waals surface area contributed by atoms with Crippen LogP contribution in [0.3, 0.4) is 0 Å². The summed E-state index contributed by atoms with van der Waals surface area (Å²) in [7, 11) is 3.81. The fourth-order valence-corrected chi connectivity index (χ4v) is 2.62. The summed E-state index contributed by atoms with van der Waals surface area (Å²) in [6.07, 6.45) is 0. The lowest BCUT2D eigenvalue weighted by molar-refractivity contribution is 0.151. The molecule has 2 rings (SSSR count). The van der Waals surface area contributed by atoms with Crippen molar-refractivity contribution in [2.75, 3.05) is 46.9 Å². The van der Waals surface area contributed by atoms with E-state index in [4.69, 9.17) is 4.74 Å². The summed E-state index contributed by atoms with van der Waals surface area (Å²) in [6, 6.07) is 8.49. The van der Waals surface area contributed by atoms with Crippen molar-refractivity contribution in [3.8, 4) is 11.8 Å². The predicted molar refractivity (Wildman–Crippen MR) is 80.0 cm³/mol. The number of hydrogen-bond donors (Lipinski definition) is 0. The summed E-state index contributed by atoms with van der Waals surface area (Å²) in [4.78, 5) is 4.70. The van der Waals surface area contributed by atoms with Crippen LogP contribution in [-0.4, -0.2) is 56.7 Å². The average Bonchev–Trinajstić information content (AvgIpc) is 2.46. The van der Waals surface area contributed by atoms with Crippen LogP contribution in [-0.2, 0) is 0 Å². The molecule has 0 N–H and O–H groups in total. The quantitative estimate of drug-likeness (QED) is 0.839. The molecule has 1 aliphatic heterocycles. The Labute approximate surface area is 121 Å². The predicted octanol–water partition coefficient (Wildman–Crippen LogP) is 1.86. The second-order valence-electron chi connectivity index (χ2n) is 5.53. The molecule has 20 heavy (non-hydrogen) atoms. The molecule has 0 aromatic heterocycles. The fraction of sp³-hybridized carbons (Fsp3) is 0.562. The molecule has 1 fully saturated rings. The van der Waals surface area contributed by atoms with E-state index in [1.165, 1.54) is 5.56 Å². The zero-order valence-electron chi connectivity index (χ0n) is 12.6. The first kappa shape index (κ1) is 14.8. The van der Waals surface area contributed by atoms with Crippen molar-refractivity contribution in [3.63, 3.8) is 0 Å². The Bertz CT molecular complexity index is 487. The highest BCUT2D eigenvalue weighted by Gasteiger charge is 2.21. The number of rotatable bonds is 4. The Morgan fingerprint density at radius 3 is 2.60 bits per heavy atom. The lowest BCUT2D eigenvalue weighted by Gasteiger charge is -2.33. The average molecular weight is 273 g/mol. The molecule has 1 heterocycles. The number of methoxy groups -OCH3 is 1. The number of hydrogen-bond acceptors (Lipinski definition) is 4. The lowest BCUT2D eigenvalue weighted by atomic mass is 9.96. The molecule has 1 unspecified atom stereocenters. The van der Waals surface area contributed by atoms with Gasteiger partial charge in [0.25, 0.3) is 0 Å². The smallest absolute Gasteiger partial charge is 0.123 e. The highest BCUT2D eigenvalue weighted by molar-refractivity contribution is 5.42. The first-order chi connectivity index (χ1) is 9.63. The van der Waals surface area contributed by atoms with Crippen LogP contribution < -0.4 is 4.74 Å². The van der Waals surface area contributed by atoms with E-state index in [0.29, 0.717) is 0 Å². The molecule has 1 saturated heterocycles. The van der Waals surface area contributed by atoms with Crippen molar-refractivity contribution < 1.29 is 4.74 Å². The molecule has 4 nitrogen and oxygen atoms in total. The van der Waals surface area contributed by atoms with Crippen LogP contribution in [0.15, 0.2) is 18.2 Å². The van der Waals surface area contributed by atoms with Gasteiger partial charge in [0.15, 0.2) is 0 Å². The summed E-state index contributed by atoms with van der Waals surface area (Å²) in [5.74, 6) is 0.685. The summed E-state index contributed by atoms with van der Waals surface area (Å²) in [5.41, 5.74) is 2.17. The number of ether oxygens (including phenoxy) is 1. The summed E-state index contributed by atoms with van der Waals surface area (Å²) < 4.78 is 5.41. The second kappa shape index (κ2) is 6.74. The van der Waals surface area contributed by atoms with E-state index in [0.717, 1.165) is 44.0 Å². The van der Waals surface area contributed by atoms with Crippen LogP contribution in [0.1, 0.15) is 17.0 Å². The van der Waals surface area contributed by atoms with Crippen LogP contribution in [0.25, 0.3) is 0 Å². The zero-order chi connectivity index (χ0) is 14.5. The van der Waals surface area contributed by atoms with Crippen LogP contribution in [0.4, 0.5) is 0 Å². The lowest BCUT2D eigenvalue weighted by Crippen LogP contribution is -2.45. The zero-order valence-corrected chi connectivity index (χ0v) is 12.6. The maximum atomic E-state index is 9.53. The molecule has 0 bridgehead atoms. The van der Waals surface area contributed by atoms with E-state index in [1.807, 2.05) is 19.1 Å². The number of likely N-dealkylation sites (N-methyl/N-ethyl adjacent to an activating group) is 1. The van der Waals surface area contributed by atoms with Crippen LogP contribution in [0, 0.1) is 18.3 Å². The van der Waals surface area contributed by atoms with Crippen LogP contribution >= 0.6 is 0 Å². The first-order valence-corrected chi connectivity index (χ1v) is 7.09. The minimum absolute atomic E-state index is 0.131. The molecule has 1 aromatic carbocycles. The minimum Gasteiger partial charge on any atom is -0.496 e. The van der Waals surface area contributed by atoms with Gasteiger partial charge in [0.2, 0.25) is 0 Å². The molecule has 1 aromatic rings. The van der Waals surface area contributed by atoms with Gasteiger partial charge in [-0.05, 0) is 20.0 Å². The maximum Gasteiger partial charge on any atom is 0.123 e. The van der Waals surface area contributed by atoms with Gasteiger partial charge in [0.05, 0.1) is 19.1 Å². The Balaban J connectivity index is 2.12. The molecule has 1 aliphatic rings. The highest BCUT2D eigenvalue weighted by atomic mass is 16.5. The topological polar surface area (TPSA) is 39.5 Å². The largest absolute Gasteiger partial charge is 0.496 e. The highest BCUT2D eigenvalue weighted by Crippen LogP contribution is 2.28. The van der Waals surface area contributed by atoms with Gasteiger partial charge < -0.3 is 9.64 Å². The van der Waals surface area contributed by atoms with Crippen LogP contribution in [0.5, 0.6) is 5.75 Å². The molecule has 108 valence electrons. The van der Waals surface area contributed by atoms with Crippen molar-refractivity contribution in [2.24, 2.45) is 0 Å². The van der Waals surface area contributed by atoms with Crippen LogP contribution in [0.2, 0.25) is 0 Å². The molecule has 0 radical (unpaired) electrons. The minimum atomic E-state index is -0.131. The molecular weight excluding hydrogens is 250 g/mol. The molecule has 0 amide bonds. The number of nitrogens with zero attached hydrogens (tertiary/aromatic N) is 3. The Morgan fingerprint density at radius 1 is 1.30 bits per heavy atom. The number of nitriles is 1. The van der Waals surface area contributed by atoms with Gasteiger partial charge in [-0.1, -0.05) is 17.7 Å². The van der Waals surface area contributed by atoms with Crippen molar-refractivity contribution in [1.82, 2.24) is 9.80 Å². The van der Waals surface area contributed by atoms with Gasteiger partial charge in [0.1, 0.15) is 5.75 Å². The molecule has 0 aliphatic carbocycles. The number of aryl methyl sites for hydroxylation is 1. The Kier molecular flexibility index (Phi) is 4.99. The first-order valence-electron chi connectivity index (χ1n) is 7.09. The second-order valence-corrected chi connectivity index (χ2v) is 5.53. The van der Waals surface area contributed by atoms with E-state index in [1.54, 1.807) is 7.11 Å². The SMILES string of the molecule is COc1ccc(C)cc1C(C#N)CN1CCN(C)CC1. The Hall–Kier alpha value is -1.57. The van der Waals surface area contributed by atoms with Crippen molar-refractivity contribution in [1.29, 1.82) is 5.26 Å². The third kappa shape index (κ3) is 3.50. The molecule has 0 saturated carbocycles. The van der Waals surface area contributed by atoms with Crippen molar-refractivity contribution in [3.05, 3.63) is 29.3 Å². The third-order valence-electron chi connectivity index (χ3n) is 3.95. The molecule has 4 heteroatoms. The summed E-state index contributed by atoms with van der Waals surface area (Å²) >= 11 is 0. The van der Waals surface area contributed by atoms with Crippen molar-refractivity contribution in [2.45, 2.75) is 12.8 Å². The Morgan fingerprint density at radius 2 is 2.00 bits per heavy atom. The number of benzene rings is 1. The van der Waals surface area contributed by atoms with E-state index >= 15 is 0 Å². The van der Waals surface area contributed by atoms with Gasteiger partial charge in [-0.2, -0.15) is 5.26 Å². The summed E-state index contributed by atoms with van der Waals surface area (Å²) in [6.45, 7) is 7.04.